The molecular formula is C16H22N2O2S. The maximum atomic E-state index is 12.2. The summed E-state index contributed by atoms with van der Waals surface area (Å²) in [6.45, 7) is 4.55. The number of likely N-dealkylation sites (N-methyl/N-ethyl adjacent to an activating group) is 1. The number of allylic oxidation sites excluding steroid dienone is 3. The number of carbonyl (C=O) groups is 2. The molecule has 2 amide bonds. The number of amides is 2. The Labute approximate surface area is 131 Å². The lowest BCUT2D eigenvalue weighted by Crippen LogP contribution is -2.53. The Hall–Kier alpha value is -1.49. The van der Waals surface area contributed by atoms with E-state index in [2.05, 4.69) is 18.3 Å². The van der Waals surface area contributed by atoms with Crippen LogP contribution in [-0.2, 0) is 9.59 Å². The monoisotopic (exact) mass is 306 g/mol. The predicted octanol–water partition coefficient (Wildman–Crippen LogP) is 2.56. The minimum atomic E-state index is -0.406. The average Bonchev–Trinajstić information content (AvgIpc) is 2.44. The Balaban J connectivity index is 2.10. The van der Waals surface area contributed by atoms with E-state index in [9.17, 15) is 9.59 Å². The summed E-state index contributed by atoms with van der Waals surface area (Å²) in [5.74, 6) is 0.494. The van der Waals surface area contributed by atoms with Crippen LogP contribution in [0.5, 0.6) is 0 Å². The van der Waals surface area contributed by atoms with Gasteiger partial charge in [-0.3, -0.25) is 19.8 Å². The molecule has 21 heavy (non-hydrogen) atoms. The number of thiocarbonyl (C=S) groups is 1. The third-order valence-corrected chi connectivity index (χ3v) is 4.62. The van der Waals surface area contributed by atoms with Crippen LogP contribution in [0.4, 0.5) is 0 Å². The molecule has 0 radical (unpaired) electrons. The normalized spacial score (nSPS) is 29.3. The third-order valence-electron chi connectivity index (χ3n) is 4.30. The topological polar surface area (TPSA) is 49.4 Å². The van der Waals surface area contributed by atoms with Crippen LogP contribution in [0.1, 0.15) is 39.5 Å². The fraction of sp³-hybridized carbons (Fsp3) is 0.562. The zero-order valence-electron chi connectivity index (χ0n) is 12.6. The molecule has 0 aromatic rings. The number of hydrogen-bond donors (Lipinski definition) is 1. The van der Waals surface area contributed by atoms with Gasteiger partial charge < -0.3 is 0 Å². The van der Waals surface area contributed by atoms with Crippen molar-refractivity contribution in [2.24, 2.45) is 11.8 Å². The second kappa shape index (κ2) is 6.98. The van der Waals surface area contributed by atoms with E-state index in [0.717, 1.165) is 0 Å². The van der Waals surface area contributed by atoms with Crippen molar-refractivity contribution in [2.75, 3.05) is 6.54 Å². The van der Waals surface area contributed by atoms with Crippen LogP contribution in [0.15, 0.2) is 23.8 Å². The molecule has 0 aromatic carbocycles. The van der Waals surface area contributed by atoms with Gasteiger partial charge in [0, 0.05) is 6.54 Å². The molecule has 1 heterocycles. The zero-order chi connectivity index (χ0) is 15.4. The molecule has 5 heteroatoms. The molecule has 1 saturated heterocycles. The lowest BCUT2D eigenvalue weighted by Gasteiger charge is -2.27. The highest BCUT2D eigenvalue weighted by Gasteiger charge is 2.31. The van der Waals surface area contributed by atoms with Crippen molar-refractivity contribution in [1.82, 2.24) is 10.2 Å². The SMILES string of the molecule is CCN1C(=O)/C(=C/C=C/C2CCCCC2C)C(=O)NC1=S. The molecule has 2 unspecified atom stereocenters. The average molecular weight is 306 g/mol. The number of nitrogens with zero attached hydrogens (tertiary/aromatic N) is 1. The second-order valence-electron chi connectivity index (χ2n) is 5.70. The van der Waals surface area contributed by atoms with Crippen molar-refractivity contribution >= 4 is 29.1 Å². The first kappa shape index (κ1) is 15.9. The smallest absolute Gasteiger partial charge is 0.265 e. The van der Waals surface area contributed by atoms with Gasteiger partial charge in [0.15, 0.2) is 5.11 Å². The van der Waals surface area contributed by atoms with Crippen LogP contribution < -0.4 is 5.32 Å². The van der Waals surface area contributed by atoms with Crippen molar-refractivity contribution in [3.05, 3.63) is 23.8 Å². The van der Waals surface area contributed by atoms with Crippen molar-refractivity contribution in [1.29, 1.82) is 0 Å². The molecule has 2 atom stereocenters. The summed E-state index contributed by atoms with van der Waals surface area (Å²) in [5.41, 5.74) is 0.158. The van der Waals surface area contributed by atoms with Gasteiger partial charge in [-0.05, 0) is 43.5 Å². The minimum absolute atomic E-state index is 0.158. The highest BCUT2D eigenvalue weighted by atomic mass is 32.1. The molecule has 0 aromatic heterocycles. The van der Waals surface area contributed by atoms with Gasteiger partial charge in [-0.2, -0.15) is 0 Å². The predicted molar refractivity (Wildman–Crippen MR) is 86.5 cm³/mol. The van der Waals surface area contributed by atoms with E-state index in [1.54, 1.807) is 6.08 Å². The first-order valence-electron chi connectivity index (χ1n) is 7.60. The molecule has 1 aliphatic heterocycles. The highest BCUT2D eigenvalue weighted by molar-refractivity contribution is 7.80. The van der Waals surface area contributed by atoms with Crippen LogP contribution >= 0.6 is 12.2 Å². The van der Waals surface area contributed by atoms with E-state index in [0.29, 0.717) is 18.4 Å². The Bertz CT molecular complexity index is 510. The van der Waals surface area contributed by atoms with Crippen LogP contribution in [-0.4, -0.2) is 28.4 Å². The third kappa shape index (κ3) is 3.59. The summed E-state index contributed by atoms with van der Waals surface area (Å²) < 4.78 is 0. The van der Waals surface area contributed by atoms with Gasteiger partial charge in [-0.15, -0.1) is 0 Å². The zero-order valence-corrected chi connectivity index (χ0v) is 13.4. The summed E-state index contributed by atoms with van der Waals surface area (Å²) >= 11 is 4.99. The second-order valence-corrected chi connectivity index (χ2v) is 6.09. The molecule has 1 N–H and O–H groups in total. The fourth-order valence-electron chi connectivity index (χ4n) is 2.93. The minimum Gasteiger partial charge on any atom is -0.298 e. The molecule has 114 valence electrons. The molecule has 2 aliphatic rings. The summed E-state index contributed by atoms with van der Waals surface area (Å²) in [6.07, 6.45) is 10.6. The molecular weight excluding hydrogens is 284 g/mol. The maximum Gasteiger partial charge on any atom is 0.265 e. The van der Waals surface area contributed by atoms with Gasteiger partial charge in [0.25, 0.3) is 11.8 Å². The van der Waals surface area contributed by atoms with E-state index in [-0.39, 0.29) is 16.6 Å². The van der Waals surface area contributed by atoms with Crippen LogP contribution in [0, 0.1) is 11.8 Å². The van der Waals surface area contributed by atoms with Gasteiger partial charge in [0.1, 0.15) is 5.57 Å². The van der Waals surface area contributed by atoms with Gasteiger partial charge >= 0.3 is 0 Å². The van der Waals surface area contributed by atoms with Gasteiger partial charge in [0.2, 0.25) is 0 Å². The van der Waals surface area contributed by atoms with E-state index in [4.69, 9.17) is 12.2 Å². The number of carbonyl (C=O) groups excluding carboxylic acids is 2. The van der Waals surface area contributed by atoms with Crippen LogP contribution in [0.3, 0.4) is 0 Å². The van der Waals surface area contributed by atoms with E-state index in [1.165, 1.54) is 30.6 Å². The van der Waals surface area contributed by atoms with Crippen molar-refractivity contribution in [3.63, 3.8) is 0 Å². The lowest BCUT2D eigenvalue weighted by molar-refractivity contribution is -0.128. The molecule has 0 spiro atoms. The summed E-state index contributed by atoms with van der Waals surface area (Å²) in [7, 11) is 0. The summed E-state index contributed by atoms with van der Waals surface area (Å²) in [6, 6.07) is 0. The molecule has 0 bridgehead atoms. The molecule has 2 rings (SSSR count). The number of hydrogen-bond acceptors (Lipinski definition) is 3. The maximum absolute atomic E-state index is 12.2. The largest absolute Gasteiger partial charge is 0.298 e. The van der Waals surface area contributed by atoms with Gasteiger partial charge in [-0.1, -0.05) is 38.3 Å². The van der Waals surface area contributed by atoms with Gasteiger partial charge in [0.05, 0.1) is 0 Å². The van der Waals surface area contributed by atoms with E-state index < -0.39 is 5.91 Å². The van der Waals surface area contributed by atoms with Gasteiger partial charge in [-0.25, -0.2) is 0 Å². The standard InChI is InChI=1S/C16H22N2O2S/c1-3-18-15(20)13(14(19)17-16(18)21)10-6-9-12-8-5-4-7-11(12)2/h6,9-12H,3-5,7-8H2,1-2H3,(H,17,19,21)/b9-6+,13-10+. The summed E-state index contributed by atoms with van der Waals surface area (Å²) in [4.78, 5) is 25.5. The Morgan fingerprint density at radius 1 is 1.33 bits per heavy atom. The quantitative estimate of drug-likeness (QED) is 0.495. The lowest BCUT2D eigenvalue weighted by atomic mass is 9.80. The van der Waals surface area contributed by atoms with Crippen molar-refractivity contribution in [2.45, 2.75) is 39.5 Å². The number of rotatable bonds is 3. The fourth-order valence-corrected chi connectivity index (χ4v) is 3.23. The van der Waals surface area contributed by atoms with Crippen molar-refractivity contribution in [3.8, 4) is 0 Å². The van der Waals surface area contributed by atoms with Crippen LogP contribution in [0.25, 0.3) is 0 Å². The van der Waals surface area contributed by atoms with E-state index in [1.807, 2.05) is 13.0 Å². The first-order valence-corrected chi connectivity index (χ1v) is 8.01. The van der Waals surface area contributed by atoms with E-state index >= 15 is 0 Å². The van der Waals surface area contributed by atoms with Crippen LogP contribution in [0.2, 0.25) is 0 Å². The Kier molecular flexibility index (Phi) is 5.28. The molecule has 1 saturated carbocycles. The summed E-state index contributed by atoms with van der Waals surface area (Å²) in [5, 5.41) is 2.74. The molecule has 1 aliphatic carbocycles. The molecule has 2 fully saturated rings. The Morgan fingerprint density at radius 3 is 2.71 bits per heavy atom. The highest BCUT2D eigenvalue weighted by Crippen LogP contribution is 2.30. The first-order chi connectivity index (χ1) is 10.0. The van der Waals surface area contributed by atoms with Crippen molar-refractivity contribution < 1.29 is 9.59 Å². The number of nitrogens with one attached hydrogen (secondary N) is 1. The molecule has 4 nitrogen and oxygen atoms in total. The Morgan fingerprint density at radius 2 is 2.05 bits per heavy atom.